The van der Waals surface area contributed by atoms with Crippen molar-refractivity contribution in [2.75, 3.05) is 5.32 Å². The zero-order valence-electron chi connectivity index (χ0n) is 15.1. The van der Waals surface area contributed by atoms with Crippen LogP contribution < -0.4 is 5.32 Å². The van der Waals surface area contributed by atoms with E-state index in [1.54, 1.807) is 11.3 Å². The molecule has 3 N–H and O–H groups in total. The van der Waals surface area contributed by atoms with Crippen molar-refractivity contribution >= 4 is 44.2 Å². The molecule has 138 valence electrons. The van der Waals surface area contributed by atoms with Gasteiger partial charge in [0.2, 0.25) is 0 Å². The summed E-state index contributed by atoms with van der Waals surface area (Å²) in [5.74, 6) is 0.397. The SMILES string of the molecule is CCc1nc(N[C@H](Cc2c[nH]c3ccccc23)C(=O)O)c2cc(C)sc2n1. The van der Waals surface area contributed by atoms with Gasteiger partial charge in [-0.1, -0.05) is 25.1 Å². The Bertz CT molecular complexity index is 1130. The van der Waals surface area contributed by atoms with E-state index in [-0.39, 0.29) is 0 Å². The van der Waals surface area contributed by atoms with Gasteiger partial charge in [-0.05, 0) is 24.6 Å². The molecule has 0 aliphatic carbocycles. The lowest BCUT2D eigenvalue weighted by Gasteiger charge is -2.16. The Labute approximate surface area is 160 Å². The van der Waals surface area contributed by atoms with Crippen LogP contribution in [0.5, 0.6) is 0 Å². The van der Waals surface area contributed by atoms with E-state index >= 15 is 0 Å². The largest absolute Gasteiger partial charge is 0.480 e. The molecule has 7 heteroatoms. The van der Waals surface area contributed by atoms with Crippen LogP contribution in [0.2, 0.25) is 0 Å². The molecule has 0 bridgehead atoms. The molecule has 1 atom stereocenters. The summed E-state index contributed by atoms with van der Waals surface area (Å²) in [6.07, 6.45) is 2.93. The highest BCUT2D eigenvalue weighted by molar-refractivity contribution is 7.18. The molecule has 0 unspecified atom stereocenters. The number of hydrogen-bond acceptors (Lipinski definition) is 5. The molecule has 0 amide bonds. The Kier molecular flexibility index (Phi) is 4.53. The molecule has 0 aliphatic rings. The molecule has 6 nitrogen and oxygen atoms in total. The number of aromatic nitrogens is 3. The van der Waals surface area contributed by atoms with Crippen molar-refractivity contribution in [3.05, 3.63) is 52.8 Å². The number of benzene rings is 1. The van der Waals surface area contributed by atoms with Gasteiger partial charge in [-0.2, -0.15) is 0 Å². The van der Waals surface area contributed by atoms with Crippen LogP contribution >= 0.6 is 11.3 Å². The summed E-state index contributed by atoms with van der Waals surface area (Å²) in [7, 11) is 0. The van der Waals surface area contributed by atoms with Gasteiger partial charge in [0.05, 0.1) is 5.39 Å². The molecule has 0 saturated carbocycles. The quantitative estimate of drug-likeness (QED) is 0.467. The fourth-order valence-electron chi connectivity index (χ4n) is 3.24. The number of aromatic amines is 1. The average molecular weight is 380 g/mol. The number of aryl methyl sites for hydroxylation is 2. The standard InChI is InChI=1S/C20H20N4O2S/c1-3-17-23-18(14-8-11(2)27-19(14)24-17)22-16(20(25)26)9-12-10-21-15-7-5-4-6-13(12)15/h4-8,10,16,21H,3,9H2,1-2H3,(H,25,26)(H,22,23,24)/t16-/m1/s1. The van der Waals surface area contributed by atoms with Gasteiger partial charge in [-0.3, -0.25) is 0 Å². The third kappa shape index (κ3) is 3.38. The van der Waals surface area contributed by atoms with Crippen molar-refractivity contribution in [2.24, 2.45) is 0 Å². The molecule has 27 heavy (non-hydrogen) atoms. The minimum atomic E-state index is -0.906. The van der Waals surface area contributed by atoms with E-state index in [1.807, 2.05) is 50.4 Å². The van der Waals surface area contributed by atoms with E-state index in [1.165, 1.54) is 0 Å². The van der Waals surface area contributed by atoms with Gasteiger partial charge in [-0.15, -0.1) is 11.3 Å². The number of carboxylic acid groups (broad SMARTS) is 1. The van der Waals surface area contributed by atoms with Gasteiger partial charge in [0.25, 0.3) is 0 Å². The summed E-state index contributed by atoms with van der Waals surface area (Å²) >= 11 is 1.60. The number of fused-ring (bicyclic) bond motifs is 2. The molecule has 0 saturated heterocycles. The van der Waals surface area contributed by atoms with Crippen molar-refractivity contribution in [3.8, 4) is 0 Å². The molecule has 0 radical (unpaired) electrons. The predicted molar refractivity (Wildman–Crippen MR) is 109 cm³/mol. The van der Waals surface area contributed by atoms with Gasteiger partial charge in [0.1, 0.15) is 22.5 Å². The number of carboxylic acids is 1. The third-order valence-corrected chi connectivity index (χ3v) is 5.53. The molecule has 4 aromatic rings. The summed E-state index contributed by atoms with van der Waals surface area (Å²) in [5.41, 5.74) is 1.97. The van der Waals surface area contributed by atoms with E-state index in [4.69, 9.17) is 0 Å². The van der Waals surface area contributed by atoms with Crippen molar-refractivity contribution < 1.29 is 9.90 Å². The van der Waals surface area contributed by atoms with Gasteiger partial charge >= 0.3 is 5.97 Å². The molecule has 0 fully saturated rings. The molecule has 3 aromatic heterocycles. The summed E-state index contributed by atoms with van der Waals surface area (Å²) in [5, 5.41) is 14.9. The maximum Gasteiger partial charge on any atom is 0.326 e. The lowest BCUT2D eigenvalue weighted by atomic mass is 10.0. The second-order valence-electron chi connectivity index (χ2n) is 6.52. The van der Waals surface area contributed by atoms with Gasteiger partial charge in [0.15, 0.2) is 0 Å². The number of aliphatic carboxylic acids is 1. The van der Waals surface area contributed by atoms with Gasteiger partial charge < -0.3 is 15.4 Å². The summed E-state index contributed by atoms with van der Waals surface area (Å²) < 4.78 is 0. The van der Waals surface area contributed by atoms with Crippen molar-refractivity contribution in [1.29, 1.82) is 0 Å². The number of para-hydroxylation sites is 1. The van der Waals surface area contributed by atoms with Crippen molar-refractivity contribution in [3.63, 3.8) is 0 Å². The van der Waals surface area contributed by atoms with Crippen LogP contribution in [-0.2, 0) is 17.6 Å². The topological polar surface area (TPSA) is 90.9 Å². The molecule has 0 spiro atoms. The summed E-state index contributed by atoms with van der Waals surface area (Å²) in [4.78, 5) is 26.3. The van der Waals surface area contributed by atoms with Crippen LogP contribution in [0.1, 0.15) is 23.2 Å². The van der Waals surface area contributed by atoms with Gasteiger partial charge in [0, 0.05) is 34.8 Å². The maximum absolute atomic E-state index is 11.9. The average Bonchev–Trinajstić information content (AvgIpc) is 3.23. The van der Waals surface area contributed by atoms with Crippen LogP contribution in [0.4, 0.5) is 5.82 Å². The van der Waals surface area contributed by atoms with E-state index < -0.39 is 12.0 Å². The number of anilines is 1. The van der Waals surface area contributed by atoms with Crippen LogP contribution in [-0.4, -0.2) is 32.1 Å². The second kappa shape index (κ2) is 7.00. The fraction of sp³-hybridized carbons (Fsp3) is 0.250. The summed E-state index contributed by atoms with van der Waals surface area (Å²) in [6, 6.07) is 9.12. The third-order valence-electron chi connectivity index (χ3n) is 4.59. The lowest BCUT2D eigenvalue weighted by Crippen LogP contribution is -2.32. The predicted octanol–water partition coefficient (Wildman–Crippen LogP) is 4.15. The number of hydrogen-bond donors (Lipinski definition) is 3. The van der Waals surface area contributed by atoms with E-state index in [0.29, 0.717) is 24.5 Å². The number of nitrogens with one attached hydrogen (secondary N) is 2. The molecular weight excluding hydrogens is 360 g/mol. The van der Waals surface area contributed by atoms with Crippen LogP contribution in [0.25, 0.3) is 21.1 Å². The van der Waals surface area contributed by atoms with Crippen LogP contribution in [0.15, 0.2) is 36.5 Å². The molecular formula is C20H20N4O2S. The van der Waals surface area contributed by atoms with Crippen LogP contribution in [0, 0.1) is 6.92 Å². The van der Waals surface area contributed by atoms with Gasteiger partial charge in [-0.25, -0.2) is 14.8 Å². The second-order valence-corrected chi connectivity index (χ2v) is 7.75. The number of carbonyl (C=O) groups is 1. The Morgan fingerprint density at radius 2 is 2.11 bits per heavy atom. The van der Waals surface area contributed by atoms with Crippen molar-refractivity contribution in [2.45, 2.75) is 32.7 Å². The first-order valence-corrected chi connectivity index (χ1v) is 9.68. The minimum Gasteiger partial charge on any atom is -0.480 e. The fourth-order valence-corrected chi connectivity index (χ4v) is 4.14. The number of nitrogens with zero attached hydrogens (tertiary/aromatic N) is 2. The minimum absolute atomic E-state index is 0.357. The smallest absolute Gasteiger partial charge is 0.326 e. The zero-order chi connectivity index (χ0) is 19.0. The highest BCUT2D eigenvalue weighted by Crippen LogP contribution is 2.29. The molecule has 0 aliphatic heterocycles. The van der Waals surface area contributed by atoms with Crippen LogP contribution in [0.3, 0.4) is 0 Å². The number of rotatable bonds is 6. The monoisotopic (exact) mass is 380 g/mol. The first-order valence-electron chi connectivity index (χ1n) is 8.86. The Morgan fingerprint density at radius 1 is 1.30 bits per heavy atom. The first-order chi connectivity index (χ1) is 13.0. The lowest BCUT2D eigenvalue weighted by molar-refractivity contribution is -0.137. The molecule has 1 aromatic carbocycles. The zero-order valence-corrected chi connectivity index (χ0v) is 15.9. The maximum atomic E-state index is 11.9. The molecule has 4 rings (SSSR count). The Morgan fingerprint density at radius 3 is 2.89 bits per heavy atom. The van der Waals surface area contributed by atoms with E-state index in [0.717, 1.165) is 31.6 Å². The number of thiophene rings is 1. The van der Waals surface area contributed by atoms with Crippen molar-refractivity contribution in [1.82, 2.24) is 15.0 Å². The first kappa shape index (κ1) is 17.5. The van der Waals surface area contributed by atoms with E-state index in [9.17, 15) is 9.90 Å². The Hall–Kier alpha value is -2.93. The highest BCUT2D eigenvalue weighted by Gasteiger charge is 2.22. The number of H-pyrrole nitrogens is 1. The normalized spacial score (nSPS) is 12.5. The van der Waals surface area contributed by atoms with E-state index in [2.05, 4.69) is 20.3 Å². The highest BCUT2D eigenvalue weighted by atomic mass is 32.1. The Balaban J connectivity index is 1.70. The summed E-state index contributed by atoms with van der Waals surface area (Å²) in [6.45, 7) is 4.01. The molecule has 3 heterocycles.